The Bertz CT molecular complexity index is 989. The number of rotatable bonds is 9. The van der Waals surface area contributed by atoms with E-state index in [4.69, 9.17) is 14.0 Å². The fourth-order valence-electron chi connectivity index (χ4n) is 2.62. The number of hydrogen-bond donors (Lipinski definition) is 0. The molecule has 0 aliphatic carbocycles. The average Bonchev–Trinajstić information content (AvgIpc) is 3.20. The van der Waals surface area contributed by atoms with Crippen LogP contribution in [0.1, 0.15) is 23.4 Å². The summed E-state index contributed by atoms with van der Waals surface area (Å²) in [5.74, 6) is 0.355. The Labute approximate surface area is 171 Å². The normalized spacial score (nSPS) is 10.8. The Morgan fingerprint density at radius 1 is 1.13 bits per heavy atom. The molecule has 2 aromatic carbocycles. The van der Waals surface area contributed by atoms with E-state index < -0.39 is 12.6 Å². The number of nitrogens with zero attached hydrogens (tertiary/aromatic N) is 2. The molecule has 7 nitrogen and oxygen atoms in total. The van der Waals surface area contributed by atoms with Crippen LogP contribution in [0.3, 0.4) is 0 Å². The smallest absolute Gasteiger partial charge is 0.387 e. The fraction of sp³-hybridized carbons (Fsp3) is 0.286. The minimum atomic E-state index is -2.96. The summed E-state index contributed by atoms with van der Waals surface area (Å²) in [7, 11) is 1.33. The van der Waals surface area contributed by atoms with Gasteiger partial charge < -0.3 is 18.7 Å². The number of carbonyl (C=O) groups excluding carboxylic acids is 1. The highest BCUT2D eigenvalue weighted by Crippen LogP contribution is 2.29. The summed E-state index contributed by atoms with van der Waals surface area (Å²) in [5.41, 5.74) is 2.52. The van der Waals surface area contributed by atoms with Crippen LogP contribution in [0.2, 0.25) is 0 Å². The lowest BCUT2D eigenvalue weighted by Gasteiger charge is -2.11. The molecule has 0 aliphatic rings. The minimum Gasteiger partial charge on any atom is -0.493 e. The summed E-state index contributed by atoms with van der Waals surface area (Å²) in [6.45, 7) is -1.01. The Balaban J connectivity index is 1.50. The van der Waals surface area contributed by atoms with Crippen molar-refractivity contribution in [1.82, 2.24) is 10.1 Å². The number of carbonyl (C=O) groups is 1. The first kappa shape index (κ1) is 21.2. The van der Waals surface area contributed by atoms with Crippen LogP contribution in [-0.4, -0.2) is 29.8 Å². The van der Waals surface area contributed by atoms with Gasteiger partial charge in [0.1, 0.15) is 6.61 Å². The Morgan fingerprint density at radius 2 is 1.90 bits per heavy atom. The summed E-state index contributed by atoms with van der Waals surface area (Å²) in [5, 5.41) is 3.92. The molecular weight excluding hydrogens is 398 g/mol. The molecular formula is C21H20F2N2O5. The zero-order valence-corrected chi connectivity index (χ0v) is 16.4. The van der Waals surface area contributed by atoms with Crippen molar-refractivity contribution in [1.29, 1.82) is 0 Å². The summed E-state index contributed by atoms with van der Waals surface area (Å²) < 4.78 is 44.5. The molecule has 0 atom stereocenters. The number of esters is 1. The number of aryl methyl sites for hydroxylation is 2. The van der Waals surface area contributed by atoms with Crippen LogP contribution < -0.4 is 9.47 Å². The maximum atomic E-state index is 12.4. The maximum Gasteiger partial charge on any atom is 0.387 e. The van der Waals surface area contributed by atoms with Gasteiger partial charge in [0.25, 0.3) is 0 Å². The molecule has 0 amide bonds. The van der Waals surface area contributed by atoms with E-state index in [9.17, 15) is 13.6 Å². The molecule has 1 heterocycles. The average molecular weight is 418 g/mol. The summed E-state index contributed by atoms with van der Waals surface area (Å²) >= 11 is 0. The van der Waals surface area contributed by atoms with Gasteiger partial charge in [-0.3, -0.25) is 4.79 Å². The highest BCUT2D eigenvalue weighted by Gasteiger charge is 2.14. The molecule has 0 fully saturated rings. The molecule has 1 aromatic heterocycles. The lowest BCUT2D eigenvalue weighted by molar-refractivity contribution is -0.145. The quantitative estimate of drug-likeness (QED) is 0.478. The largest absolute Gasteiger partial charge is 0.493 e. The second-order valence-electron chi connectivity index (χ2n) is 6.40. The number of halogens is 2. The van der Waals surface area contributed by atoms with E-state index in [-0.39, 0.29) is 30.9 Å². The molecule has 0 N–H and O–H groups in total. The zero-order chi connectivity index (χ0) is 21.5. The van der Waals surface area contributed by atoms with Crippen molar-refractivity contribution in [3.05, 3.63) is 59.5 Å². The van der Waals surface area contributed by atoms with Crippen LogP contribution in [0.25, 0.3) is 11.4 Å². The molecule has 0 saturated heterocycles. The zero-order valence-electron chi connectivity index (χ0n) is 16.4. The molecule has 3 aromatic rings. The number of methoxy groups -OCH3 is 1. The maximum absolute atomic E-state index is 12.4. The van der Waals surface area contributed by atoms with Crippen molar-refractivity contribution >= 4 is 5.97 Å². The van der Waals surface area contributed by atoms with Crippen molar-refractivity contribution in [3.8, 4) is 22.9 Å². The van der Waals surface area contributed by atoms with Crippen LogP contribution in [-0.2, 0) is 22.6 Å². The van der Waals surface area contributed by atoms with Gasteiger partial charge in [-0.1, -0.05) is 41.1 Å². The third-order valence-electron chi connectivity index (χ3n) is 4.16. The van der Waals surface area contributed by atoms with E-state index in [1.165, 1.54) is 25.3 Å². The Hall–Kier alpha value is -3.49. The van der Waals surface area contributed by atoms with E-state index >= 15 is 0 Å². The first-order valence-corrected chi connectivity index (χ1v) is 9.11. The van der Waals surface area contributed by atoms with Gasteiger partial charge in [0, 0.05) is 12.0 Å². The Kier molecular flexibility index (Phi) is 6.95. The third kappa shape index (κ3) is 5.76. The van der Waals surface area contributed by atoms with Crippen molar-refractivity contribution in [3.63, 3.8) is 0 Å². The molecule has 0 unspecified atom stereocenters. The van der Waals surface area contributed by atoms with Gasteiger partial charge in [0.15, 0.2) is 11.5 Å². The standard InChI is InChI=1S/C21H20F2N2O5/c1-13-3-6-15(7-4-13)20-24-18(30-25-20)9-10-19(26)28-12-14-5-8-16(29-21(22)23)17(11-14)27-2/h3-8,11,21H,9-10,12H2,1-2H3. The molecule has 30 heavy (non-hydrogen) atoms. The Morgan fingerprint density at radius 3 is 2.60 bits per heavy atom. The van der Waals surface area contributed by atoms with Crippen molar-refractivity contribution in [2.75, 3.05) is 7.11 Å². The van der Waals surface area contributed by atoms with Crippen molar-refractivity contribution < 1.29 is 32.3 Å². The second kappa shape index (κ2) is 9.82. The lowest BCUT2D eigenvalue weighted by Crippen LogP contribution is -2.07. The van der Waals surface area contributed by atoms with Gasteiger partial charge >= 0.3 is 12.6 Å². The fourth-order valence-corrected chi connectivity index (χ4v) is 2.62. The molecule has 0 spiro atoms. The third-order valence-corrected chi connectivity index (χ3v) is 4.16. The summed E-state index contributed by atoms with van der Waals surface area (Å²) in [6.07, 6.45) is 0.293. The van der Waals surface area contributed by atoms with Crippen LogP contribution in [0.4, 0.5) is 8.78 Å². The molecule has 0 radical (unpaired) electrons. The van der Waals surface area contributed by atoms with E-state index in [1.54, 1.807) is 0 Å². The predicted octanol–water partition coefficient (Wildman–Crippen LogP) is 4.33. The topological polar surface area (TPSA) is 83.7 Å². The molecule has 0 bridgehead atoms. The van der Waals surface area contributed by atoms with Gasteiger partial charge in [0.05, 0.1) is 13.5 Å². The van der Waals surface area contributed by atoms with Crippen LogP contribution in [0.5, 0.6) is 11.5 Å². The predicted molar refractivity (Wildman–Crippen MR) is 102 cm³/mol. The highest BCUT2D eigenvalue weighted by molar-refractivity contribution is 5.69. The number of alkyl halides is 2. The number of ether oxygens (including phenoxy) is 3. The number of aromatic nitrogens is 2. The van der Waals surface area contributed by atoms with E-state index in [1.807, 2.05) is 31.2 Å². The van der Waals surface area contributed by atoms with Gasteiger partial charge in [-0.05, 0) is 24.6 Å². The molecule has 0 saturated carbocycles. The van der Waals surface area contributed by atoms with E-state index in [2.05, 4.69) is 14.9 Å². The second-order valence-corrected chi connectivity index (χ2v) is 6.40. The highest BCUT2D eigenvalue weighted by atomic mass is 19.3. The van der Waals surface area contributed by atoms with Crippen molar-refractivity contribution in [2.24, 2.45) is 0 Å². The molecule has 3 rings (SSSR count). The molecule has 9 heteroatoms. The minimum absolute atomic E-state index is 0.0391. The van der Waals surface area contributed by atoms with Gasteiger partial charge in [0.2, 0.25) is 11.7 Å². The first-order chi connectivity index (χ1) is 14.4. The van der Waals surface area contributed by atoms with Gasteiger partial charge in [-0.25, -0.2) is 0 Å². The van der Waals surface area contributed by atoms with Crippen LogP contribution in [0.15, 0.2) is 47.0 Å². The summed E-state index contributed by atoms with van der Waals surface area (Å²) in [4.78, 5) is 16.3. The van der Waals surface area contributed by atoms with Crippen molar-refractivity contribution in [2.45, 2.75) is 33.0 Å². The monoisotopic (exact) mass is 418 g/mol. The van der Waals surface area contributed by atoms with E-state index in [0.29, 0.717) is 17.3 Å². The lowest BCUT2D eigenvalue weighted by atomic mass is 10.1. The summed E-state index contributed by atoms with van der Waals surface area (Å²) in [6, 6.07) is 12.0. The molecule has 0 aliphatic heterocycles. The molecule has 158 valence electrons. The first-order valence-electron chi connectivity index (χ1n) is 9.11. The van der Waals surface area contributed by atoms with Crippen LogP contribution in [0, 0.1) is 6.92 Å². The number of hydrogen-bond acceptors (Lipinski definition) is 7. The van der Waals surface area contributed by atoms with Crippen LogP contribution >= 0.6 is 0 Å². The van der Waals surface area contributed by atoms with Gasteiger partial charge in [-0.15, -0.1) is 0 Å². The number of benzene rings is 2. The van der Waals surface area contributed by atoms with E-state index in [0.717, 1.165) is 11.1 Å². The van der Waals surface area contributed by atoms with Gasteiger partial charge in [-0.2, -0.15) is 13.8 Å². The SMILES string of the molecule is COc1cc(COC(=O)CCc2nc(-c3ccc(C)cc3)no2)ccc1OC(F)F.